The van der Waals surface area contributed by atoms with Gasteiger partial charge in [0, 0.05) is 48.6 Å². The molecule has 11 atom stereocenters. The van der Waals surface area contributed by atoms with E-state index in [1.54, 1.807) is 127 Å². The van der Waals surface area contributed by atoms with Crippen molar-refractivity contribution in [2.75, 3.05) is 118 Å². The molecule has 2 heterocycles. The number of rotatable bonds is 39. The van der Waals surface area contributed by atoms with E-state index in [1.165, 1.54) is 19.1 Å². The summed E-state index contributed by atoms with van der Waals surface area (Å²) in [5, 5.41) is 42.2. The normalized spacial score (nSPS) is 24.9. The number of aliphatic hydroxyl groups excluding tert-OH is 2. The Kier molecular flexibility index (Phi) is 28.6. The van der Waals surface area contributed by atoms with E-state index in [0.29, 0.717) is 78.2 Å². The summed E-state index contributed by atoms with van der Waals surface area (Å²) >= 11 is 0. The van der Waals surface area contributed by atoms with Gasteiger partial charge in [-0.25, -0.2) is 14.6 Å². The van der Waals surface area contributed by atoms with E-state index < -0.39 is 125 Å². The lowest BCUT2D eigenvalue weighted by atomic mass is 9.45. The van der Waals surface area contributed by atoms with Crippen LogP contribution in [0.5, 0.6) is 0 Å². The molecule has 95 heavy (non-hydrogen) atoms. The quantitative estimate of drug-likeness (QED) is 0.0165. The highest BCUT2D eigenvalue weighted by Gasteiger charge is 2.78. The van der Waals surface area contributed by atoms with Crippen molar-refractivity contribution in [3.63, 3.8) is 0 Å². The highest BCUT2D eigenvalue weighted by molar-refractivity contribution is 8.76. The number of carbonyl (C=O) groups excluding carboxylic acids is 6. The Hall–Kier alpha value is -6.21. The third-order valence-electron chi connectivity index (χ3n) is 17.6. The van der Waals surface area contributed by atoms with Gasteiger partial charge in [0.05, 0.1) is 148 Å². The van der Waals surface area contributed by atoms with Gasteiger partial charge in [0.2, 0.25) is 5.78 Å². The lowest BCUT2D eigenvalue weighted by molar-refractivity contribution is -0.345. The van der Waals surface area contributed by atoms with Gasteiger partial charge in [0.25, 0.3) is 5.91 Å². The summed E-state index contributed by atoms with van der Waals surface area (Å²) in [6, 6.07) is 28.7. The number of ether oxygens (including phenoxy) is 13. The summed E-state index contributed by atoms with van der Waals surface area (Å²) in [6.45, 7) is 12.3. The molecule has 8 rings (SSSR count). The van der Waals surface area contributed by atoms with E-state index in [2.05, 4.69) is 10.3 Å². The van der Waals surface area contributed by atoms with Gasteiger partial charge in [-0.1, -0.05) is 104 Å². The average molecular weight is 1360 g/mol. The predicted molar refractivity (Wildman–Crippen MR) is 345 cm³/mol. The van der Waals surface area contributed by atoms with Crippen LogP contribution in [0.2, 0.25) is 0 Å². The van der Waals surface area contributed by atoms with E-state index >= 15 is 4.79 Å². The molecule has 4 N–H and O–H groups in total. The van der Waals surface area contributed by atoms with Gasteiger partial charge in [-0.15, -0.1) is 0 Å². The molecule has 4 aliphatic rings. The number of hydrogen-bond donors (Lipinski definition) is 4. The van der Waals surface area contributed by atoms with Crippen molar-refractivity contribution in [2.45, 2.75) is 107 Å². The summed E-state index contributed by atoms with van der Waals surface area (Å²) in [6.07, 6.45) is -7.69. The molecule has 1 aromatic heterocycles. The summed E-state index contributed by atoms with van der Waals surface area (Å²) in [7, 11) is 3.32. The number of allylic oxidation sites excluding steroid dienone is 1. The number of nitrogens with zero attached hydrogens (tertiary/aromatic N) is 1. The van der Waals surface area contributed by atoms with Crippen molar-refractivity contribution < 1.29 is 106 Å². The minimum atomic E-state index is -2.48. The minimum Gasteiger partial charge on any atom is -0.460 e. The third-order valence-corrected chi connectivity index (χ3v) is 19.8. The standard InChI is InChI=1S/C69H88N2O22S2/c1-46-51(90-65(79)58(75)57(48-17-9-6-10-18-48)71-63(77)49-19-11-7-12-20-49)44-69(80)62(92-64(78)50-21-13-8-14-22-50)60-67(5,52(73)43-53-68(60,45-89-53)93-47(2)72)61(76)59(56(46)66(69,3)4)91-55(74)24-26-81-27-28-82-29-30-83-31-32-84-33-34-85-35-36-86-37-38-87-39-40-88-41-42-94-95-54-23-15-16-25-70-54/h6-23,25,46,51-53,57-58,60,62,73,75,80H,24,26-45H2,1-5H3,(H,71,77)/t46?,51?,52-,53?,57?,58+,60-,62-,67+,68-,69+/m0/s1. The number of aromatic nitrogens is 1. The van der Waals surface area contributed by atoms with E-state index in [4.69, 9.17) is 61.6 Å². The van der Waals surface area contributed by atoms with E-state index in [1.807, 2.05) is 18.2 Å². The summed E-state index contributed by atoms with van der Waals surface area (Å²) in [5.74, 6) is -8.09. The molecule has 2 bridgehead atoms. The van der Waals surface area contributed by atoms with Crippen molar-refractivity contribution >= 4 is 57.2 Å². The SMILES string of the molecule is CC(=O)O[C@@]12COC1C[C@H](O)[C@@]1(C)C(=O)C(OC(=O)CCOCCOCCOCCOCCOCCOCCOCCOCCSSc3ccccn3)=C3C(C)C(OC(=O)[C@H](O)C(NC(=O)c4ccccc4)c4ccccc4)C[C@@](O)([C@@H](OC(=O)c4ccccc4)[C@@H]12)C3(C)C. The Labute approximate surface area is 561 Å². The van der Waals surface area contributed by atoms with Crippen LogP contribution in [0.25, 0.3) is 0 Å². The zero-order valence-electron chi connectivity index (χ0n) is 54.3. The van der Waals surface area contributed by atoms with Crippen LogP contribution in [-0.4, -0.2) is 216 Å². The zero-order chi connectivity index (χ0) is 67.9. The summed E-state index contributed by atoms with van der Waals surface area (Å²) in [5.41, 5.74) is -7.71. The molecule has 1 saturated heterocycles. The fourth-order valence-electron chi connectivity index (χ4n) is 12.6. The second-order valence-corrected chi connectivity index (χ2v) is 26.4. The number of carbonyl (C=O) groups is 6. The maximum Gasteiger partial charge on any atom is 0.338 e. The molecule has 4 unspecified atom stereocenters. The van der Waals surface area contributed by atoms with Crippen molar-refractivity contribution in [1.82, 2.24) is 10.3 Å². The Bertz CT molecular complexity index is 3140. The van der Waals surface area contributed by atoms with Gasteiger partial charge in [-0.3, -0.25) is 19.2 Å². The molecule has 1 amide bonds. The first-order valence-corrected chi connectivity index (χ1v) is 34.2. The Morgan fingerprint density at radius 3 is 1.72 bits per heavy atom. The van der Waals surface area contributed by atoms with Gasteiger partial charge in [0.15, 0.2) is 17.5 Å². The van der Waals surface area contributed by atoms with Crippen molar-refractivity contribution in [1.29, 1.82) is 0 Å². The molecule has 24 nitrogen and oxygen atoms in total. The number of aliphatic hydroxyl groups is 3. The van der Waals surface area contributed by atoms with Crippen LogP contribution in [0.3, 0.4) is 0 Å². The molecule has 3 fully saturated rings. The predicted octanol–water partition coefficient (Wildman–Crippen LogP) is 6.28. The van der Waals surface area contributed by atoms with Crippen LogP contribution < -0.4 is 5.32 Å². The van der Waals surface area contributed by atoms with Crippen LogP contribution in [0.1, 0.15) is 86.2 Å². The lowest BCUT2D eigenvalue weighted by Gasteiger charge is -2.67. The van der Waals surface area contributed by atoms with Crippen molar-refractivity contribution in [3.05, 3.63) is 143 Å². The molecule has 0 radical (unpaired) electrons. The second-order valence-electron chi connectivity index (χ2n) is 24.0. The van der Waals surface area contributed by atoms with E-state index in [9.17, 15) is 39.3 Å². The number of ketones is 1. The summed E-state index contributed by atoms with van der Waals surface area (Å²) < 4.78 is 75.9. The molecule has 518 valence electrons. The van der Waals surface area contributed by atoms with Crippen molar-refractivity contribution in [3.8, 4) is 0 Å². The zero-order valence-corrected chi connectivity index (χ0v) is 55.9. The first-order valence-electron chi connectivity index (χ1n) is 31.9. The number of benzene rings is 3. The monoisotopic (exact) mass is 1360 g/mol. The molecule has 3 aromatic carbocycles. The number of pyridine rings is 1. The first kappa shape index (κ1) is 74.6. The number of nitrogens with one attached hydrogen (secondary N) is 1. The fourth-order valence-corrected chi connectivity index (χ4v) is 14.3. The van der Waals surface area contributed by atoms with Crippen LogP contribution in [-0.2, 0) is 80.8 Å². The number of esters is 4. The topological polar surface area (TPSA) is 308 Å². The Morgan fingerprint density at radius 2 is 1.20 bits per heavy atom. The highest BCUT2D eigenvalue weighted by Crippen LogP contribution is 2.65. The average Bonchev–Trinajstić information content (AvgIpc) is 0.670. The lowest BCUT2D eigenvalue weighted by Crippen LogP contribution is -2.81. The number of amides is 1. The minimum absolute atomic E-state index is 0.0422. The maximum atomic E-state index is 16.1. The smallest absolute Gasteiger partial charge is 0.338 e. The van der Waals surface area contributed by atoms with E-state index in [0.717, 1.165) is 17.7 Å². The van der Waals surface area contributed by atoms with Crippen molar-refractivity contribution in [2.24, 2.45) is 22.7 Å². The number of Topliss-reactive ketones (excluding diaryl/α,β-unsaturated/α-hetero) is 1. The molecule has 2 saturated carbocycles. The van der Waals surface area contributed by atoms with Crippen LogP contribution in [0, 0.1) is 22.7 Å². The van der Waals surface area contributed by atoms with E-state index in [-0.39, 0.29) is 62.8 Å². The van der Waals surface area contributed by atoms with Gasteiger partial charge < -0.3 is 82.2 Å². The first-order chi connectivity index (χ1) is 45.8. The number of hydrogen-bond acceptors (Lipinski definition) is 25. The second kappa shape index (κ2) is 36.4. The van der Waals surface area contributed by atoms with Crippen LogP contribution in [0.4, 0.5) is 0 Å². The summed E-state index contributed by atoms with van der Waals surface area (Å²) in [4.78, 5) is 90.9. The molecular formula is C69H88N2O22S2. The fraction of sp³-hybridized carbons (Fsp3) is 0.551. The Balaban J connectivity index is 0.855. The van der Waals surface area contributed by atoms with Gasteiger partial charge in [-0.05, 0) is 65.3 Å². The largest absolute Gasteiger partial charge is 0.460 e. The van der Waals surface area contributed by atoms with Crippen LogP contribution >= 0.6 is 21.6 Å². The molecule has 3 aliphatic carbocycles. The number of fused-ring (bicyclic) bond motifs is 5. The highest BCUT2D eigenvalue weighted by atomic mass is 33.1. The molecule has 0 spiro atoms. The molecule has 4 aromatic rings. The Morgan fingerprint density at radius 1 is 0.684 bits per heavy atom. The van der Waals surface area contributed by atoms with Gasteiger partial charge in [-0.2, -0.15) is 0 Å². The molecule has 26 heteroatoms. The molecular weight excluding hydrogens is 1270 g/mol. The van der Waals surface area contributed by atoms with Gasteiger partial charge >= 0.3 is 23.9 Å². The third kappa shape index (κ3) is 19.1. The van der Waals surface area contributed by atoms with Gasteiger partial charge in [0.1, 0.15) is 28.9 Å². The maximum absolute atomic E-state index is 16.1. The van der Waals surface area contributed by atoms with Crippen LogP contribution in [0.15, 0.2) is 132 Å². The molecule has 1 aliphatic heterocycles.